The van der Waals surface area contributed by atoms with Gasteiger partial charge in [-0.1, -0.05) is 0 Å². The van der Waals surface area contributed by atoms with Crippen molar-refractivity contribution in [3.8, 4) is 0 Å². The summed E-state index contributed by atoms with van der Waals surface area (Å²) in [5, 5.41) is 11.9. The van der Waals surface area contributed by atoms with Crippen LogP contribution in [0.2, 0.25) is 0 Å². The highest BCUT2D eigenvalue weighted by molar-refractivity contribution is 5.38. The second-order valence-corrected chi connectivity index (χ2v) is 4.36. The number of aryl methyl sites for hydroxylation is 1. The molecule has 17 heavy (non-hydrogen) atoms. The van der Waals surface area contributed by atoms with Crippen LogP contribution in [0.3, 0.4) is 0 Å². The molecule has 0 aliphatic heterocycles. The van der Waals surface area contributed by atoms with Crippen LogP contribution in [0.15, 0.2) is 24.8 Å². The maximum absolute atomic E-state index is 4.28. The van der Waals surface area contributed by atoms with E-state index in [4.69, 9.17) is 0 Å². The van der Waals surface area contributed by atoms with Gasteiger partial charge in [0.05, 0.1) is 18.1 Å². The van der Waals surface area contributed by atoms with Crippen LogP contribution in [-0.4, -0.2) is 19.6 Å². The van der Waals surface area contributed by atoms with Crippen LogP contribution < -0.4 is 5.32 Å². The van der Waals surface area contributed by atoms with Crippen molar-refractivity contribution in [2.24, 2.45) is 0 Å². The minimum atomic E-state index is 0.397. The average molecular weight is 233 g/mol. The molecule has 1 N–H and O–H groups in total. The van der Waals surface area contributed by atoms with Crippen LogP contribution in [0.25, 0.3) is 0 Å². The Labute approximate surface area is 101 Å². The minimum absolute atomic E-state index is 0.397. The van der Waals surface area contributed by atoms with E-state index in [-0.39, 0.29) is 0 Å². The molecule has 2 aromatic rings. The largest absolute Gasteiger partial charge is 0.378 e. The summed E-state index contributed by atoms with van der Waals surface area (Å²) >= 11 is 0. The lowest BCUT2D eigenvalue weighted by Gasteiger charge is -2.03. The first-order valence-electron chi connectivity index (χ1n) is 5.98. The van der Waals surface area contributed by atoms with Gasteiger partial charge in [0.1, 0.15) is 0 Å². The maximum atomic E-state index is 4.28. The lowest BCUT2D eigenvalue weighted by atomic mass is 10.3. The Hall–Kier alpha value is -1.78. The third kappa shape index (κ3) is 2.87. The predicted molar refractivity (Wildman–Crippen MR) is 67.8 cm³/mol. The van der Waals surface area contributed by atoms with Crippen molar-refractivity contribution in [1.82, 2.24) is 19.6 Å². The monoisotopic (exact) mass is 233 g/mol. The fraction of sp³-hybridized carbons (Fsp3) is 0.500. The van der Waals surface area contributed by atoms with Crippen molar-refractivity contribution in [1.29, 1.82) is 0 Å². The third-order valence-electron chi connectivity index (χ3n) is 2.64. The van der Waals surface area contributed by atoms with Crippen molar-refractivity contribution in [2.75, 3.05) is 5.32 Å². The molecule has 0 saturated heterocycles. The molecule has 0 fully saturated rings. The number of hydrogen-bond acceptors (Lipinski definition) is 3. The Kier molecular flexibility index (Phi) is 3.46. The summed E-state index contributed by atoms with van der Waals surface area (Å²) in [6.45, 7) is 8.00. The van der Waals surface area contributed by atoms with Gasteiger partial charge in [0, 0.05) is 37.1 Å². The van der Waals surface area contributed by atoms with Crippen LogP contribution in [0.4, 0.5) is 5.69 Å². The highest BCUT2D eigenvalue weighted by atomic mass is 15.3. The molecule has 0 amide bonds. The number of rotatable bonds is 5. The first-order valence-corrected chi connectivity index (χ1v) is 5.98. The van der Waals surface area contributed by atoms with E-state index < -0.39 is 0 Å². The highest BCUT2D eigenvalue weighted by Crippen LogP contribution is 2.11. The molecule has 2 heterocycles. The zero-order valence-corrected chi connectivity index (χ0v) is 10.6. The Bertz CT molecular complexity index is 469. The molecular formula is C12H19N5. The fourth-order valence-corrected chi connectivity index (χ4v) is 1.59. The van der Waals surface area contributed by atoms with Gasteiger partial charge in [-0.15, -0.1) is 0 Å². The maximum Gasteiger partial charge on any atom is 0.0729 e. The van der Waals surface area contributed by atoms with Gasteiger partial charge in [0.2, 0.25) is 0 Å². The Morgan fingerprint density at radius 1 is 1.24 bits per heavy atom. The minimum Gasteiger partial charge on any atom is -0.378 e. The molecule has 92 valence electrons. The van der Waals surface area contributed by atoms with E-state index in [1.54, 1.807) is 0 Å². The van der Waals surface area contributed by atoms with Gasteiger partial charge in [-0.05, 0) is 20.8 Å². The second-order valence-electron chi connectivity index (χ2n) is 4.36. The lowest BCUT2D eigenvalue weighted by Crippen LogP contribution is -2.00. The summed E-state index contributed by atoms with van der Waals surface area (Å²) in [6.07, 6.45) is 7.82. The molecule has 0 saturated carbocycles. The fourth-order valence-electron chi connectivity index (χ4n) is 1.59. The van der Waals surface area contributed by atoms with Gasteiger partial charge in [-0.3, -0.25) is 9.36 Å². The van der Waals surface area contributed by atoms with E-state index in [0.717, 1.165) is 18.8 Å². The van der Waals surface area contributed by atoms with E-state index in [1.165, 1.54) is 5.56 Å². The van der Waals surface area contributed by atoms with E-state index in [9.17, 15) is 0 Å². The van der Waals surface area contributed by atoms with Gasteiger partial charge in [-0.25, -0.2) is 0 Å². The standard InChI is InChI=1S/C12H19N5/c1-4-16-8-11(6-14-16)5-13-12-7-15-17(9-12)10(2)3/h6-10,13H,4-5H2,1-3H3. The van der Waals surface area contributed by atoms with E-state index in [1.807, 2.05) is 28.0 Å². The van der Waals surface area contributed by atoms with Gasteiger partial charge in [0.15, 0.2) is 0 Å². The SMILES string of the molecule is CCn1cc(CNc2cnn(C(C)C)c2)cn1. The summed E-state index contributed by atoms with van der Waals surface area (Å²) in [4.78, 5) is 0. The summed E-state index contributed by atoms with van der Waals surface area (Å²) < 4.78 is 3.87. The van der Waals surface area contributed by atoms with Crippen molar-refractivity contribution < 1.29 is 0 Å². The quantitative estimate of drug-likeness (QED) is 0.862. The number of nitrogens with one attached hydrogen (secondary N) is 1. The lowest BCUT2D eigenvalue weighted by molar-refractivity contribution is 0.532. The molecule has 0 radical (unpaired) electrons. The Morgan fingerprint density at radius 3 is 2.65 bits per heavy atom. The number of hydrogen-bond donors (Lipinski definition) is 1. The van der Waals surface area contributed by atoms with Gasteiger partial charge in [-0.2, -0.15) is 10.2 Å². The molecule has 0 aromatic carbocycles. The summed E-state index contributed by atoms with van der Waals surface area (Å²) in [5.74, 6) is 0. The third-order valence-corrected chi connectivity index (χ3v) is 2.64. The van der Waals surface area contributed by atoms with Crippen molar-refractivity contribution >= 4 is 5.69 Å². The molecule has 2 aromatic heterocycles. The van der Waals surface area contributed by atoms with E-state index >= 15 is 0 Å². The van der Waals surface area contributed by atoms with E-state index in [2.05, 4.69) is 42.5 Å². The molecule has 0 bridgehead atoms. The van der Waals surface area contributed by atoms with Crippen LogP contribution in [0.5, 0.6) is 0 Å². The normalized spacial score (nSPS) is 11.1. The Morgan fingerprint density at radius 2 is 2.06 bits per heavy atom. The second kappa shape index (κ2) is 5.03. The van der Waals surface area contributed by atoms with Crippen LogP contribution in [0.1, 0.15) is 32.4 Å². The number of nitrogens with zero attached hydrogens (tertiary/aromatic N) is 4. The molecule has 0 aliphatic carbocycles. The highest BCUT2D eigenvalue weighted by Gasteiger charge is 2.02. The van der Waals surface area contributed by atoms with Gasteiger partial charge >= 0.3 is 0 Å². The zero-order valence-electron chi connectivity index (χ0n) is 10.6. The van der Waals surface area contributed by atoms with Crippen molar-refractivity contribution in [2.45, 2.75) is 39.9 Å². The predicted octanol–water partition coefficient (Wildman–Crippen LogP) is 2.29. The first-order chi connectivity index (χ1) is 8.19. The first kappa shape index (κ1) is 11.7. The molecular weight excluding hydrogens is 214 g/mol. The number of aromatic nitrogens is 4. The van der Waals surface area contributed by atoms with Crippen LogP contribution >= 0.6 is 0 Å². The number of anilines is 1. The Balaban J connectivity index is 1.92. The summed E-state index contributed by atoms with van der Waals surface area (Å²) in [5.41, 5.74) is 2.23. The smallest absolute Gasteiger partial charge is 0.0729 e. The molecule has 0 atom stereocenters. The van der Waals surface area contributed by atoms with Crippen molar-refractivity contribution in [3.63, 3.8) is 0 Å². The average Bonchev–Trinajstić information content (AvgIpc) is 2.95. The van der Waals surface area contributed by atoms with Crippen LogP contribution in [0, 0.1) is 0 Å². The molecule has 0 spiro atoms. The summed E-state index contributed by atoms with van der Waals surface area (Å²) in [7, 11) is 0. The van der Waals surface area contributed by atoms with Gasteiger partial charge < -0.3 is 5.32 Å². The van der Waals surface area contributed by atoms with Crippen molar-refractivity contribution in [3.05, 3.63) is 30.4 Å². The van der Waals surface area contributed by atoms with Crippen LogP contribution in [-0.2, 0) is 13.1 Å². The molecule has 2 rings (SSSR count). The molecule has 5 heteroatoms. The topological polar surface area (TPSA) is 47.7 Å². The van der Waals surface area contributed by atoms with Gasteiger partial charge in [0.25, 0.3) is 0 Å². The van der Waals surface area contributed by atoms with E-state index in [0.29, 0.717) is 6.04 Å². The molecule has 5 nitrogen and oxygen atoms in total. The zero-order chi connectivity index (χ0) is 12.3. The summed E-state index contributed by atoms with van der Waals surface area (Å²) in [6, 6.07) is 0.397. The molecule has 0 aliphatic rings. The molecule has 0 unspecified atom stereocenters.